The molecule has 2 rings (SSSR count). The second-order valence-corrected chi connectivity index (χ2v) is 6.41. The molecule has 0 spiro atoms. The molecule has 0 bridgehead atoms. The summed E-state index contributed by atoms with van der Waals surface area (Å²) in [7, 11) is 2.03. The molecular weight excluding hydrogens is 306 g/mol. The van der Waals surface area contributed by atoms with Crippen LogP contribution in [0.3, 0.4) is 0 Å². The lowest BCUT2D eigenvalue weighted by Gasteiger charge is -2.17. The van der Waals surface area contributed by atoms with E-state index in [1.54, 1.807) is 11.3 Å². The summed E-state index contributed by atoms with van der Waals surface area (Å²) in [6.45, 7) is 4.34. The first-order chi connectivity index (χ1) is 8.61. The van der Waals surface area contributed by atoms with E-state index >= 15 is 0 Å². The monoisotopic (exact) mass is 323 g/mol. The molecule has 0 amide bonds. The van der Waals surface area contributed by atoms with Crippen LogP contribution in [0.15, 0.2) is 34.1 Å². The summed E-state index contributed by atoms with van der Waals surface area (Å²) in [6.07, 6.45) is 1.03. The van der Waals surface area contributed by atoms with Gasteiger partial charge in [0.2, 0.25) is 0 Å². The normalized spacial score (nSPS) is 12.7. The summed E-state index contributed by atoms with van der Waals surface area (Å²) in [5, 5.41) is 5.55. The largest absolute Gasteiger partial charge is 0.312 e. The molecule has 0 fully saturated rings. The molecule has 3 heteroatoms. The van der Waals surface area contributed by atoms with Crippen molar-refractivity contribution in [3.05, 3.63) is 55.7 Å². The molecule has 0 aliphatic rings. The van der Waals surface area contributed by atoms with Gasteiger partial charge in [0.15, 0.2) is 0 Å². The number of aryl methyl sites for hydroxylation is 2. The molecule has 18 heavy (non-hydrogen) atoms. The van der Waals surface area contributed by atoms with Gasteiger partial charge in [-0.1, -0.05) is 23.8 Å². The van der Waals surface area contributed by atoms with E-state index in [-0.39, 0.29) is 0 Å². The summed E-state index contributed by atoms with van der Waals surface area (Å²) in [5.41, 5.74) is 4.12. The molecule has 0 aliphatic carbocycles. The van der Waals surface area contributed by atoms with Gasteiger partial charge in [-0.15, -0.1) is 11.3 Å². The van der Waals surface area contributed by atoms with Crippen LogP contribution in [-0.2, 0) is 6.42 Å². The second kappa shape index (κ2) is 6.00. The van der Waals surface area contributed by atoms with Crippen molar-refractivity contribution in [2.45, 2.75) is 26.3 Å². The lowest BCUT2D eigenvalue weighted by molar-refractivity contribution is 0.598. The molecule has 1 unspecified atom stereocenters. The third kappa shape index (κ3) is 3.02. The van der Waals surface area contributed by atoms with Gasteiger partial charge in [-0.05, 0) is 65.8 Å². The standard InChI is InChI=1S/C15H18BrNS/c1-10-4-5-11(2)12(8-10)9-14(17-3)15-13(16)6-7-18-15/h4-8,14,17H,9H2,1-3H3. The molecule has 2 aromatic rings. The molecule has 1 atom stereocenters. The van der Waals surface area contributed by atoms with E-state index in [0.717, 1.165) is 6.42 Å². The predicted octanol–water partition coefficient (Wildman–Crippen LogP) is 4.63. The average Bonchev–Trinajstić information content (AvgIpc) is 2.77. The van der Waals surface area contributed by atoms with Crippen molar-refractivity contribution in [2.75, 3.05) is 7.05 Å². The first-order valence-electron chi connectivity index (χ1n) is 6.08. The Morgan fingerprint density at radius 3 is 2.67 bits per heavy atom. The lowest BCUT2D eigenvalue weighted by atomic mass is 9.98. The van der Waals surface area contributed by atoms with E-state index in [9.17, 15) is 0 Å². The Balaban J connectivity index is 2.26. The summed E-state index contributed by atoms with van der Waals surface area (Å²) < 4.78 is 1.21. The third-order valence-electron chi connectivity index (χ3n) is 3.24. The minimum Gasteiger partial charge on any atom is -0.312 e. The number of hydrogen-bond acceptors (Lipinski definition) is 2. The molecule has 0 saturated heterocycles. The Morgan fingerprint density at radius 1 is 1.28 bits per heavy atom. The van der Waals surface area contributed by atoms with Gasteiger partial charge in [-0.3, -0.25) is 0 Å². The molecule has 1 nitrogen and oxygen atoms in total. The van der Waals surface area contributed by atoms with Crippen LogP contribution < -0.4 is 5.32 Å². The highest BCUT2D eigenvalue weighted by molar-refractivity contribution is 9.10. The quantitative estimate of drug-likeness (QED) is 0.864. The minimum atomic E-state index is 0.375. The highest BCUT2D eigenvalue weighted by Gasteiger charge is 2.15. The fourth-order valence-electron chi connectivity index (χ4n) is 2.12. The number of nitrogens with one attached hydrogen (secondary N) is 1. The molecule has 1 heterocycles. The Bertz CT molecular complexity index is 533. The third-order valence-corrected chi connectivity index (χ3v) is 5.22. The van der Waals surface area contributed by atoms with Crippen molar-refractivity contribution >= 4 is 27.3 Å². The van der Waals surface area contributed by atoms with E-state index in [2.05, 4.69) is 64.7 Å². The van der Waals surface area contributed by atoms with Gasteiger partial charge in [-0.25, -0.2) is 0 Å². The van der Waals surface area contributed by atoms with Crippen LogP contribution in [0.25, 0.3) is 0 Å². The van der Waals surface area contributed by atoms with Crippen LogP contribution >= 0.6 is 27.3 Å². The SMILES string of the molecule is CNC(Cc1cc(C)ccc1C)c1sccc1Br. The predicted molar refractivity (Wildman–Crippen MR) is 83.4 cm³/mol. The molecule has 1 aromatic heterocycles. The van der Waals surface area contributed by atoms with E-state index in [1.165, 1.54) is 26.0 Å². The zero-order valence-corrected chi connectivity index (χ0v) is 13.4. The van der Waals surface area contributed by atoms with E-state index in [4.69, 9.17) is 0 Å². The average molecular weight is 324 g/mol. The molecule has 96 valence electrons. The fraction of sp³-hybridized carbons (Fsp3) is 0.333. The number of hydrogen-bond donors (Lipinski definition) is 1. The first kappa shape index (κ1) is 13.8. The maximum atomic E-state index is 3.62. The smallest absolute Gasteiger partial charge is 0.0464 e. The zero-order valence-electron chi connectivity index (χ0n) is 11.0. The van der Waals surface area contributed by atoms with Crippen LogP contribution in [0.2, 0.25) is 0 Å². The van der Waals surface area contributed by atoms with Crippen LogP contribution in [0, 0.1) is 13.8 Å². The van der Waals surface area contributed by atoms with Gasteiger partial charge in [-0.2, -0.15) is 0 Å². The van der Waals surface area contributed by atoms with Gasteiger partial charge in [0.25, 0.3) is 0 Å². The van der Waals surface area contributed by atoms with Gasteiger partial charge < -0.3 is 5.32 Å². The Kier molecular flexibility index (Phi) is 4.60. The highest BCUT2D eigenvalue weighted by atomic mass is 79.9. The molecular formula is C15H18BrNS. The lowest BCUT2D eigenvalue weighted by Crippen LogP contribution is -2.18. The first-order valence-corrected chi connectivity index (χ1v) is 7.75. The van der Waals surface area contributed by atoms with Crippen molar-refractivity contribution in [2.24, 2.45) is 0 Å². The molecule has 1 N–H and O–H groups in total. The topological polar surface area (TPSA) is 12.0 Å². The second-order valence-electron chi connectivity index (χ2n) is 4.61. The van der Waals surface area contributed by atoms with Crippen molar-refractivity contribution in [1.29, 1.82) is 0 Å². The van der Waals surface area contributed by atoms with Gasteiger partial charge in [0.1, 0.15) is 0 Å². The van der Waals surface area contributed by atoms with Crippen molar-refractivity contribution in [3.63, 3.8) is 0 Å². The zero-order chi connectivity index (χ0) is 13.1. The number of thiophene rings is 1. The van der Waals surface area contributed by atoms with Crippen molar-refractivity contribution < 1.29 is 0 Å². The molecule has 0 aliphatic heterocycles. The fourth-order valence-corrected chi connectivity index (χ4v) is 3.88. The highest BCUT2D eigenvalue weighted by Crippen LogP contribution is 2.31. The Labute approximate surface area is 121 Å². The van der Waals surface area contributed by atoms with Crippen LogP contribution in [-0.4, -0.2) is 7.05 Å². The molecule has 0 saturated carbocycles. The maximum Gasteiger partial charge on any atom is 0.0464 e. The van der Waals surface area contributed by atoms with E-state index < -0.39 is 0 Å². The summed E-state index contributed by atoms with van der Waals surface area (Å²) >= 11 is 5.43. The summed E-state index contributed by atoms with van der Waals surface area (Å²) in [6, 6.07) is 9.17. The van der Waals surface area contributed by atoms with Gasteiger partial charge in [0.05, 0.1) is 0 Å². The Hall–Kier alpha value is -0.640. The van der Waals surface area contributed by atoms with Crippen LogP contribution in [0.5, 0.6) is 0 Å². The van der Waals surface area contributed by atoms with E-state index in [1.807, 2.05) is 7.05 Å². The number of benzene rings is 1. The minimum absolute atomic E-state index is 0.375. The number of likely N-dealkylation sites (N-methyl/N-ethyl adjacent to an activating group) is 1. The van der Waals surface area contributed by atoms with Crippen LogP contribution in [0.1, 0.15) is 27.6 Å². The number of halogens is 1. The van der Waals surface area contributed by atoms with E-state index in [0.29, 0.717) is 6.04 Å². The van der Waals surface area contributed by atoms with Crippen LogP contribution in [0.4, 0.5) is 0 Å². The maximum absolute atomic E-state index is 3.62. The molecule has 0 radical (unpaired) electrons. The van der Waals surface area contributed by atoms with Gasteiger partial charge in [0, 0.05) is 15.4 Å². The van der Waals surface area contributed by atoms with Gasteiger partial charge >= 0.3 is 0 Å². The Morgan fingerprint density at radius 2 is 2.06 bits per heavy atom. The van der Waals surface area contributed by atoms with Crippen molar-refractivity contribution in [1.82, 2.24) is 5.32 Å². The summed E-state index contributed by atoms with van der Waals surface area (Å²) in [5.74, 6) is 0. The van der Waals surface area contributed by atoms with Crippen molar-refractivity contribution in [3.8, 4) is 0 Å². The summed E-state index contributed by atoms with van der Waals surface area (Å²) in [4.78, 5) is 1.37. The molecule has 1 aromatic carbocycles. The number of rotatable bonds is 4.